The fourth-order valence-corrected chi connectivity index (χ4v) is 2.46. The van der Waals surface area contributed by atoms with Crippen molar-refractivity contribution in [2.75, 3.05) is 6.54 Å². The molecule has 1 rings (SSSR count). The number of hydrogen-bond acceptors (Lipinski definition) is 3. The van der Waals surface area contributed by atoms with Crippen LogP contribution in [0.2, 0.25) is 0 Å². The van der Waals surface area contributed by atoms with E-state index in [2.05, 4.69) is 0 Å². The second kappa shape index (κ2) is 5.80. The van der Waals surface area contributed by atoms with Crippen molar-refractivity contribution in [1.29, 1.82) is 0 Å². The Hall–Kier alpha value is -1.26. The lowest BCUT2D eigenvalue weighted by Gasteiger charge is -2.39. The number of carboxylic acids is 1. The Morgan fingerprint density at radius 1 is 1.37 bits per heavy atom. The largest absolute Gasteiger partial charge is 0.481 e. The Bertz CT molecular complexity index is 348. The van der Waals surface area contributed by atoms with Gasteiger partial charge in [0, 0.05) is 12.6 Å². The van der Waals surface area contributed by atoms with Crippen LogP contribution in [0.1, 0.15) is 47.5 Å². The lowest BCUT2D eigenvalue weighted by atomic mass is 9.82. The molecule has 0 spiro atoms. The fourth-order valence-electron chi connectivity index (χ4n) is 2.46. The number of nitrogens with zero attached hydrogens (tertiary/aromatic N) is 1. The maximum Gasteiger partial charge on any atom is 0.410 e. The summed E-state index contributed by atoms with van der Waals surface area (Å²) in [7, 11) is 0. The monoisotopic (exact) mass is 271 g/mol. The number of amides is 1. The Labute approximate surface area is 114 Å². The van der Waals surface area contributed by atoms with E-state index in [-0.39, 0.29) is 24.0 Å². The normalized spacial score (nSPS) is 25.8. The number of carbonyl (C=O) groups is 2. The van der Waals surface area contributed by atoms with Crippen LogP contribution in [0.25, 0.3) is 0 Å². The summed E-state index contributed by atoms with van der Waals surface area (Å²) >= 11 is 0. The second-order valence-corrected chi connectivity index (χ2v) is 6.43. The molecule has 1 aliphatic rings. The summed E-state index contributed by atoms with van der Waals surface area (Å²) in [6, 6.07) is 0.0235. The van der Waals surface area contributed by atoms with E-state index < -0.39 is 11.6 Å². The minimum Gasteiger partial charge on any atom is -0.481 e. The average molecular weight is 271 g/mol. The molecule has 5 nitrogen and oxygen atoms in total. The summed E-state index contributed by atoms with van der Waals surface area (Å²) in [5, 5.41) is 9.04. The third kappa shape index (κ3) is 4.40. The number of piperidine rings is 1. The Morgan fingerprint density at radius 2 is 1.95 bits per heavy atom. The van der Waals surface area contributed by atoms with Crippen LogP contribution in [0.15, 0.2) is 0 Å². The van der Waals surface area contributed by atoms with Gasteiger partial charge in [-0.05, 0) is 46.5 Å². The first kappa shape index (κ1) is 15.8. The highest BCUT2D eigenvalue weighted by molar-refractivity contribution is 5.70. The molecular weight excluding hydrogens is 246 g/mol. The Morgan fingerprint density at radius 3 is 2.37 bits per heavy atom. The molecule has 1 saturated heterocycles. The Balaban J connectivity index is 2.60. The minimum absolute atomic E-state index is 0.0235. The van der Waals surface area contributed by atoms with Gasteiger partial charge < -0.3 is 14.7 Å². The molecule has 5 heteroatoms. The molecule has 1 heterocycles. The summed E-state index contributed by atoms with van der Waals surface area (Å²) in [5.41, 5.74) is -0.498. The van der Waals surface area contributed by atoms with Gasteiger partial charge in [-0.25, -0.2) is 4.79 Å². The van der Waals surface area contributed by atoms with E-state index in [1.54, 1.807) is 11.8 Å². The van der Waals surface area contributed by atoms with E-state index in [0.29, 0.717) is 13.0 Å². The average Bonchev–Trinajstić information content (AvgIpc) is 2.25. The molecule has 0 aromatic carbocycles. The summed E-state index contributed by atoms with van der Waals surface area (Å²) in [5.74, 6) is -0.989. The van der Waals surface area contributed by atoms with Crippen molar-refractivity contribution in [1.82, 2.24) is 4.90 Å². The SMILES string of the molecule is C[C@H](C(=O)O)[C@H]1CCN(C(=O)OC(C)(C)C)[C@H](C)C1. The van der Waals surface area contributed by atoms with Crippen LogP contribution in [-0.4, -0.2) is 40.3 Å². The van der Waals surface area contributed by atoms with E-state index in [0.717, 1.165) is 6.42 Å². The summed E-state index contributed by atoms with van der Waals surface area (Å²) in [6.07, 6.45) is 1.13. The van der Waals surface area contributed by atoms with Crippen molar-refractivity contribution in [3.05, 3.63) is 0 Å². The molecular formula is C14H25NO4. The lowest BCUT2D eigenvalue weighted by molar-refractivity contribution is -0.143. The van der Waals surface area contributed by atoms with Crippen LogP contribution >= 0.6 is 0 Å². The van der Waals surface area contributed by atoms with Gasteiger partial charge in [-0.3, -0.25) is 4.79 Å². The van der Waals surface area contributed by atoms with Gasteiger partial charge in [0.25, 0.3) is 0 Å². The van der Waals surface area contributed by atoms with Crippen LogP contribution in [0.4, 0.5) is 4.79 Å². The molecule has 0 unspecified atom stereocenters. The van der Waals surface area contributed by atoms with Crippen LogP contribution in [0.3, 0.4) is 0 Å². The van der Waals surface area contributed by atoms with Gasteiger partial charge >= 0.3 is 12.1 Å². The number of ether oxygens (including phenoxy) is 1. The van der Waals surface area contributed by atoms with Crippen molar-refractivity contribution in [2.24, 2.45) is 11.8 Å². The summed E-state index contributed by atoms with van der Waals surface area (Å²) < 4.78 is 5.36. The zero-order valence-electron chi connectivity index (χ0n) is 12.5. The third-order valence-corrected chi connectivity index (χ3v) is 3.64. The number of carboxylic acid groups (broad SMARTS) is 1. The standard InChI is InChI=1S/C14H25NO4/c1-9-8-11(10(2)12(16)17)6-7-15(9)13(18)19-14(3,4)5/h9-11H,6-8H2,1-5H3,(H,16,17)/t9-,10+,11+/m1/s1. The minimum atomic E-state index is -0.761. The van der Waals surface area contributed by atoms with Gasteiger partial charge in [-0.2, -0.15) is 0 Å². The van der Waals surface area contributed by atoms with E-state index >= 15 is 0 Å². The zero-order chi connectivity index (χ0) is 14.8. The molecule has 3 atom stereocenters. The maximum absolute atomic E-state index is 12.0. The van der Waals surface area contributed by atoms with Crippen molar-refractivity contribution < 1.29 is 19.4 Å². The predicted molar refractivity (Wildman–Crippen MR) is 71.9 cm³/mol. The van der Waals surface area contributed by atoms with Gasteiger partial charge in [-0.15, -0.1) is 0 Å². The molecule has 1 amide bonds. The molecule has 0 saturated carbocycles. The molecule has 0 aromatic rings. The number of aliphatic carboxylic acids is 1. The van der Waals surface area contributed by atoms with E-state index in [4.69, 9.17) is 9.84 Å². The highest BCUT2D eigenvalue weighted by Gasteiger charge is 2.35. The molecule has 0 bridgehead atoms. The van der Waals surface area contributed by atoms with Crippen molar-refractivity contribution in [2.45, 2.75) is 59.1 Å². The number of rotatable bonds is 2. The molecule has 0 radical (unpaired) electrons. The van der Waals surface area contributed by atoms with Gasteiger partial charge in [0.15, 0.2) is 0 Å². The lowest BCUT2D eigenvalue weighted by Crippen LogP contribution is -2.48. The highest BCUT2D eigenvalue weighted by Crippen LogP contribution is 2.29. The maximum atomic E-state index is 12.0. The summed E-state index contributed by atoms with van der Waals surface area (Å²) in [4.78, 5) is 24.7. The zero-order valence-corrected chi connectivity index (χ0v) is 12.5. The topological polar surface area (TPSA) is 66.8 Å². The van der Waals surface area contributed by atoms with Crippen LogP contribution in [0, 0.1) is 11.8 Å². The molecule has 110 valence electrons. The van der Waals surface area contributed by atoms with Crippen molar-refractivity contribution in [3.8, 4) is 0 Å². The molecule has 0 aliphatic carbocycles. The van der Waals surface area contributed by atoms with Gasteiger partial charge in [0.1, 0.15) is 5.60 Å². The number of hydrogen-bond donors (Lipinski definition) is 1. The van der Waals surface area contributed by atoms with Crippen LogP contribution < -0.4 is 0 Å². The smallest absolute Gasteiger partial charge is 0.410 e. The first-order valence-electron chi connectivity index (χ1n) is 6.84. The number of carbonyl (C=O) groups excluding carboxylic acids is 1. The molecule has 1 N–H and O–H groups in total. The molecule has 0 aromatic heterocycles. The molecule has 19 heavy (non-hydrogen) atoms. The van der Waals surface area contributed by atoms with E-state index in [1.165, 1.54) is 0 Å². The fraction of sp³-hybridized carbons (Fsp3) is 0.857. The first-order chi connectivity index (χ1) is 8.61. The third-order valence-electron chi connectivity index (χ3n) is 3.64. The van der Waals surface area contributed by atoms with E-state index in [9.17, 15) is 9.59 Å². The van der Waals surface area contributed by atoms with E-state index in [1.807, 2.05) is 27.7 Å². The van der Waals surface area contributed by atoms with Crippen molar-refractivity contribution >= 4 is 12.1 Å². The Kier molecular flexibility index (Phi) is 4.82. The second-order valence-electron chi connectivity index (χ2n) is 6.43. The molecule has 1 fully saturated rings. The highest BCUT2D eigenvalue weighted by atomic mass is 16.6. The van der Waals surface area contributed by atoms with Gasteiger partial charge in [0.05, 0.1) is 5.92 Å². The van der Waals surface area contributed by atoms with Crippen LogP contribution in [0.5, 0.6) is 0 Å². The molecule has 1 aliphatic heterocycles. The van der Waals surface area contributed by atoms with Crippen LogP contribution in [-0.2, 0) is 9.53 Å². The predicted octanol–water partition coefficient (Wildman–Crippen LogP) is 2.74. The summed E-state index contributed by atoms with van der Waals surface area (Å²) in [6.45, 7) is 9.78. The van der Waals surface area contributed by atoms with Gasteiger partial charge in [-0.1, -0.05) is 6.92 Å². The van der Waals surface area contributed by atoms with Gasteiger partial charge in [0.2, 0.25) is 0 Å². The van der Waals surface area contributed by atoms with Crippen molar-refractivity contribution in [3.63, 3.8) is 0 Å². The quantitative estimate of drug-likeness (QED) is 0.838. The first-order valence-corrected chi connectivity index (χ1v) is 6.84. The number of likely N-dealkylation sites (tertiary alicyclic amines) is 1.